The van der Waals surface area contributed by atoms with Gasteiger partial charge in [0, 0.05) is 0 Å². The molecule has 1 aromatic carbocycles. The van der Waals surface area contributed by atoms with Gasteiger partial charge in [-0.1, -0.05) is 6.07 Å². The van der Waals surface area contributed by atoms with Gasteiger partial charge in [-0.3, -0.25) is 4.79 Å². The predicted molar refractivity (Wildman–Crippen MR) is 67.5 cm³/mol. The van der Waals surface area contributed by atoms with E-state index in [2.05, 4.69) is 5.32 Å². The van der Waals surface area contributed by atoms with E-state index in [1.165, 1.54) is 18.4 Å². The van der Waals surface area contributed by atoms with Crippen molar-refractivity contribution in [2.45, 2.75) is 12.7 Å². The van der Waals surface area contributed by atoms with Crippen molar-refractivity contribution in [3.63, 3.8) is 0 Å². The lowest BCUT2D eigenvalue weighted by Crippen LogP contribution is -2.28. The van der Waals surface area contributed by atoms with Gasteiger partial charge in [0.1, 0.15) is 11.5 Å². The van der Waals surface area contributed by atoms with Crippen LogP contribution in [0.3, 0.4) is 0 Å². The monoisotopic (exact) mass is 299 g/mol. The molecule has 1 amide bonds. The van der Waals surface area contributed by atoms with E-state index in [1.54, 1.807) is 12.1 Å². The first kappa shape index (κ1) is 15.0. The number of hydrogen-bond acceptors (Lipinski definition) is 3. The van der Waals surface area contributed by atoms with Gasteiger partial charge in [-0.05, 0) is 30.3 Å². The van der Waals surface area contributed by atoms with Crippen LogP contribution in [-0.2, 0) is 17.5 Å². The number of carbonyl (C=O) groups is 1. The zero-order chi connectivity index (χ0) is 15.3. The molecule has 0 atom stereocenters. The highest BCUT2D eigenvalue weighted by Gasteiger charge is 2.30. The summed E-state index contributed by atoms with van der Waals surface area (Å²) in [4.78, 5) is 11.5. The Morgan fingerprint density at radius 2 is 2.05 bits per heavy atom. The summed E-state index contributed by atoms with van der Waals surface area (Å²) in [6.07, 6.45) is -2.97. The van der Waals surface area contributed by atoms with Crippen LogP contribution < -0.4 is 10.1 Å². The highest BCUT2D eigenvalue weighted by Crippen LogP contribution is 2.31. The Morgan fingerprint density at radius 1 is 1.24 bits per heavy atom. The first-order chi connectivity index (χ1) is 9.95. The summed E-state index contributed by atoms with van der Waals surface area (Å²) in [5, 5.41) is 2.52. The van der Waals surface area contributed by atoms with Crippen LogP contribution in [0.2, 0.25) is 0 Å². The van der Waals surface area contributed by atoms with Crippen LogP contribution in [0, 0.1) is 0 Å². The summed E-state index contributed by atoms with van der Waals surface area (Å²) in [6.45, 7) is -0.181. The Bertz CT molecular complexity index is 594. The van der Waals surface area contributed by atoms with Crippen molar-refractivity contribution in [3.05, 3.63) is 54.0 Å². The predicted octanol–water partition coefficient (Wildman–Crippen LogP) is 2.99. The molecule has 1 N–H and O–H groups in total. The van der Waals surface area contributed by atoms with E-state index in [1.807, 2.05) is 0 Å². The maximum absolute atomic E-state index is 12.5. The third-order valence-electron chi connectivity index (χ3n) is 2.57. The summed E-state index contributed by atoms with van der Waals surface area (Å²) in [5.41, 5.74) is -0.823. The number of ether oxygens (including phenoxy) is 1. The molecule has 1 aromatic heterocycles. The van der Waals surface area contributed by atoms with Crippen molar-refractivity contribution in [3.8, 4) is 5.75 Å². The smallest absolute Gasteiger partial charge is 0.416 e. The first-order valence-electron chi connectivity index (χ1n) is 6.04. The highest BCUT2D eigenvalue weighted by molar-refractivity contribution is 5.77. The molecular formula is C14H12F3NO3. The number of benzene rings is 1. The maximum Gasteiger partial charge on any atom is 0.416 e. The maximum atomic E-state index is 12.5. The number of amides is 1. The second-order valence-electron chi connectivity index (χ2n) is 4.17. The van der Waals surface area contributed by atoms with Crippen molar-refractivity contribution in [2.24, 2.45) is 0 Å². The van der Waals surface area contributed by atoms with Gasteiger partial charge < -0.3 is 14.5 Å². The highest BCUT2D eigenvalue weighted by atomic mass is 19.4. The Balaban J connectivity index is 1.83. The van der Waals surface area contributed by atoms with E-state index in [0.717, 1.165) is 12.1 Å². The molecule has 0 fully saturated rings. The average Bonchev–Trinajstić information content (AvgIpc) is 2.95. The van der Waals surface area contributed by atoms with Gasteiger partial charge in [0.25, 0.3) is 5.91 Å². The molecule has 0 aliphatic rings. The second-order valence-corrected chi connectivity index (χ2v) is 4.17. The average molecular weight is 299 g/mol. The Labute approximate surface area is 118 Å². The number of carbonyl (C=O) groups excluding carboxylic acids is 1. The number of furan rings is 1. The summed E-state index contributed by atoms with van der Waals surface area (Å²) < 4.78 is 47.5. The number of halogens is 3. The largest absolute Gasteiger partial charge is 0.484 e. The molecule has 0 aliphatic heterocycles. The standard InChI is InChI=1S/C14H12F3NO3/c15-14(16,17)10-3-1-4-11(7-10)21-9-13(19)18-8-12-5-2-6-20-12/h1-7H,8-9H2,(H,18,19). The van der Waals surface area contributed by atoms with Crippen molar-refractivity contribution < 1.29 is 27.1 Å². The molecule has 0 radical (unpaired) electrons. The molecule has 0 saturated carbocycles. The van der Waals surface area contributed by atoms with Crippen LogP contribution in [0.1, 0.15) is 11.3 Å². The number of rotatable bonds is 5. The van der Waals surface area contributed by atoms with Crippen LogP contribution in [0.25, 0.3) is 0 Å². The zero-order valence-electron chi connectivity index (χ0n) is 10.8. The molecule has 1 heterocycles. The van der Waals surface area contributed by atoms with Crippen molar-refractivity contribution in [2.75, 3.05) is 6.61 Å². The molecule has 112 valence electrons. The van der Waals surface area contributed by atoms with E-state index in [4.69, 9.17) is 9.15 Å². The van der Waals surface area contributed by atoms with Crippen LogP contribution in [-0.4, -0.2) is 12.5 Å². The van der Waals surface area contributed by atoms with E-state index >= 15 is 0 Å². The van der Waals surface area contributed by atoms with Gasteiger partial charge in [0.2, 0.25) is 0 Å². The summed E-state index contributed by atoms with van der Waals surface area (Å²) >= 11 is 0. The molecule has 7 heteroatoms. The van der Waals surface area contributed by atoms with E-state index in [-0.39, 0.29) is 18.9 Å². The second kappa shape index (κ2) is 6.34. The van der Waals surface area contributed by atoms with E-state index in [0.29, 0.717) is 5.76 Å². The molecular weight excluding hydrogens is 287 g/mol. The Hall–Kier alpha value is -2.44. The number of alkyl halides is 3. The molecule has 4 nitrogen and oxygen atoms in total. The Morgan fingerprint density at radius 3 is 2.71 bits per heavy atom. The van der Waals surface area contributed by atoms with Gasteiger partial charge in [0.05, 0.1) is 18.4 Å². The number of hydrogen-bond donors (Lipinski definition) is 1. The summed E-state index contributed by atoms with van der Waals surface area (Å²) in [6, 6.07) is 7.73. The van der Waals surface area contributed by atoms with Crippen LogP contribution in [0.4, 0.5) is 13.2 Å². The van der Waals surface area contributed by atoms with Gasteiger partial charge >= 0.3 is 6.18 Å². The lowest BCUT2D eigenvalue weighted by atomic mass is 10.2. The molecule has 0 unspecified atom stereocenters. The fraction of sp³-hybridized carbons (Fsp3) is 0.214. The zero-order valence-corrected chi connectivity index (χ0v) is 10.8. The molecule has 0 saturated heterocycles. The van der Waals surface area contributed by atoms with Crippen LogP contribution >= 0.6 is 0 Å². The van der Waals surface area contributed by atoms with Crippen molar-refractivity contribution in [1.29, 1.82) is 0 Å². The molecule has 0 spiro atoms. The van der Waals surface area contributed by atoms with Crippen molar-refractivity contribution in [1.82, 2.24) is 5.32 Å². The SMILES string of the molecule is O=C(COc1cccc(C(F)(F)F)c1)NCc1ccco1. The fourth-order valence-corrected chi connectivity index (χ4v) is 1.56. The normalized spacial score (nSPS) is 11.2. The molecule has 21 heavy (non-hydrogen) atoms. The quantitative estimate of drug-likeness (QED) is 0.923. The number of nitrogens with one attached hydrogen (secondary N) is 1. The molecule has 0 bridgehead atoms. The molecule has 2 aromatic rings. The minimum absolute atomic E-state index is 0.0158. The minimum Gasteiger partial charge on any atom is -0.484 e. The van der Waals surface area contributed by atoms with E-state index in [9.17, 15) is 18.0 Å². The van der Waals surface area contributed by atoms with Gasteiger partial charge in [0.15, 0.2) is 6.61 Å². The van der Waals surface area contributed by atoms with Crippen molar-refractivity contribution >= 4 is 5.91 Å². The van der Waals surface area contributed by atoms with Gasteiger partial charge in [-0.15, -0.1) is 0 Å². The van der Waals surface area contributed by atoms with Crippen LogP contribution in [0.5, 0.6) is 5.75 Å². The lowest BCUT2D eigenvalue weighted by molar-refractivity contribution is -0.137. The van der Waals surface area contributed by atoms with Gasteiger partial charge in [-0.2, -0.15) is 13.2 Å². The molecule has 0 aliphatic carbocycles. The fourth-order valence-electron chi connectivity index (χ4n) is 1.56. The minimum atomic E-state index is -4.44. The first-order valence-corrected chi connectivity index (χ1v) is 6.04. The van der Waals surface area contributed by atoms with Crippen LogP contribution in [0.15, 0.2) is 47.1 Å². The topological polar surface area (TPSA) is 51.5 Å². The van der Waals surface area contributed by atoms with Gasteiger partial charge in [-0.25, -0.2) is 0 Å². The molecule has 2 rings (SSSR count). The lowest BCUT2D eigenvalue weighted by Gasteiger charge is -2.10. The third kappa shape index (κ3) is 4.55. The summed E-state index contributed by atoms with van der Waals surface area (Å²) in [7, 11) is 0. The summed E-state index contributed by atoms with van der Waals surface area (Å²) in [5.74, 6) is 0.101. The van der Waals surface area contributed by atoms with E-state index < -0.39 is 17.6 Å². The Kier molecular flexibility index (Phi) is 4.52. The third-order valence-corrected chi connectivity index (χ3v) is 2.57.